The van der Waals surface area contributed by atoms with Crippen LogP contribution in [0.25, 0.3) is 11.4 Å². The summed E-state index contributed by atoms with van der Waals surface area (Å²) in [6.07, 6.45) is 2.83. The van der Waals surface area contributed by atoms with E-state index in [9.17, 15) is 9.90 Å². The summed E-state index contributed by atoms with van der Waals surface area (Å²) in [6, 6.07) is 6.91. The maximum atomic E-state index is 12.2. The Hall–Kier alpha value is -2.41. The van der Waals surface area contributed by atoms with Gasteiger partial charge >= 0.3 is 6.09 Å². The molecule has 2 aromatic rings. The Balaban J connectivity index is 1.74. The maximum absolute atomic E-state index is 12.2. The Labute approximate surface area is 140 Å². The first-order chi connectivity index (χ1) is 11.7. The number of β-amino-alcohol motifs (C(OH)–C–C–N with tert-alkyl or cyclic N) is 1. The van der Waals surface area contributed by atoms with Crippen molar-refractivity contribution in [1.29, 1.82) is 0 Å². The molecule has 0 aliphatic carbocycles. The van der Waals surface area contributed by atoms with E-state index >= 15 is 0 Å². The lowest BCUT2D eigenvalue weighted by molar-refractivity contribution is 0.0884. The molecule has 2 unspecified atom stereocenters. The summed E-state index contributed by atoms with van der Waals surface area (Å²) in [6.45, 7) is 2.64. The van der Waals surface area contributed by atoms with Crippen molar-refractivity contribution in [2.75, 3.05) is 13.2 Å². The number of amides is 1. The van der Waals surface area contributed by atoms with Crippen LogP contribution in [0.15, 0.2) is 35.0 Å². The van der Waals surface area contributed by atoms with E-state index in [4.69, 9.17) is 9.26 Å². The molecule has 0 spiro atoms. The number of pyridine rings is 1. The van der Waals surface area contributed by atoms with Gasteiger partial charge in [0, 0.05) is 18.7 Å². The smallest absolute Gasteiger partial charge is 0.410 e. The molecule has 1 N–H and O–H groups in total. The number of aliphatic hydroxyl groups excluding tert-OH is 1. The summed E-state index contributed by atoms with van der Waals surface area (Å²) in [7, 11) is 0. The summed E-state index contributed by atoms with van der Waals surface area (Å²) >= 11 is 0. The molecule has 0 aromatic carbocycles. The molecule has 1 aliphatic heterocycles. The van der Waals surface area contributed by atoms with Gasteiger partial charge in [0.2, 0.25) is 0 Å². The molecule has 0 bridgehead atoms. The van der Waals surface area contributed by atoms with Gasteiger partial charge in [-0.2, -0.15) is 0 Å². The van der Waals surface area contributed by atoms with Crippen LogP contribution >= 0.6 is 0 Å². The summed E-state index contributed by atoms with van der Waals surface area (Å²) in [5, 5.41) is 14.0. The van der Waals surface area contributed by atoms with Crippen LogP contribution < -0.4 is 0 Å². The zero-order chi connectivity index (χ0) is 16.9. The predicted molar refractivity (Wildman–Crippen MR) is 86.1 cm³/mol. The highest BCUT2D eigenvalue weighted by molar-refractivity contribution is 5.69. The molecule has 2 atom stereocenters. The molecule has 128 valence electrons. The van der Waals surface area contributed by atoms with Gasteiger partial charge in [0.05, 0.1) is 31.0 Å². The molecule has 1 saturated heterocycles. The van der Waals surface area contributed by atoms with Gasteiger partial charge in [-0.1, -0.05) is 24.6 Å². The van der Waals surface area contributed by atoms with E-state index in [1.807, 2.05) is 25.1 Å². The van der Waals surface area contributed by atoms with Crippen LogP contribution in [-0.2, 0) is 4.74 Å². The second-order valence-electron chi connectivity index (χ2n) is 5.86. The molecule has 24 heavy (non-hydrogen) atoms. The Kier molecular flexibility index (Phi) is 5.10. The minimum absolute atomic E-state index is 0.231. The first-order valence-electron chi connectivity index (χ1n) is 8.18. The fraction of sp³-hybridized carbons (Fsp3) is 0.471. The zero-order valence-electron chi connectivity index (χ0n) is 13.6. The summed E-state index contributed by atoms with van der Waals surface area (Å²) in [5.74, 6) is 0.527. The number of hydrogen-bond acceptors (Lipinski definition) is 6. The molecule has 7 nitrogen and oxygen atoms in total. The fourth-order valence-corrected chi connectivity index (χ4v) is 2.75. The summed E-state index contributed by atoms with van der Waals surface area (Å²) < 4.78 is 10.7. The monoisotopic (exact) mass is 331 g/mol. The molecule has 2 aromatic heterocycles. The number of aliphatic hydroxyl groups is 1. The normalized spacial score (nSPS) is 20.3. The van der Waals surface area contributed by atoms with Gasteiger partial charge in [-0.15, -0.1) is 0 Å². The molecular weight excluding hydrogens is 310 g/mol. The van der Waals surface area contributed by atoms with Gasteiger partial charge in [-0.25, -0.2) is 4.79 Å². The van der Waals surface area contributed by atoms with Crippen LogP contribution in [-0.4, -0.2) is 45.5 Å². The van der Waals surface area contributed by atoms with Gasteiger partial charge in [-0.05, 0) is 18.6 Å². The van der Waals surface area contributed by atoms with Crippen LogP contribution in [0.3, 0.4) is 0 Å². The van der Waals surface area contributed by atoms with Gasteiger partial charge in [-0.3, -0.25) is 9.88 Å². The highest BCUT2D eigenvalue weighted by atomic mass is 16.6. The molecule has 1 fully saturated rings. The standard InChI is InChI=1S/C17H21N3O4/c1-2-3-8-23-17(22)20-11-12(21)9-15(20)16-10-14(19-24-16)13-6-4-5-7-18-13/h4-7,10,12,15,21H,2-3,8-9,11H2,1H3. The first kappa shape index (κ1) is 16.4. The maximum Gasteiger partial charge on any atom is 0.410 e. The molecular formula is C17H21N3O4. The van der Waals surface area contributed by atoms with E-state index in [0.717, 1.165) is 12.8 Å². The number of nitrogens with zero attached hydrogens (tertiary/aromatic N) is 3. The van der Waals surface area contributed by atoms with Gasteiger partial charge in [0.1, 0.15) is 5.69 Å². The number of likely N-dealkylation sites (tertiary alicyclic amines) is 1. The third kappa shape index (κ3) is 3.56. The van der Waals surface area contributed by atoms with Crippen LogP contribution in [0.2, 0.25) is 0 Å². The molecule has 0 saturated carbocycles. The van der Waals surface area contributed by atoms with E-state index in [2.05, 4.69) is 10.1 Å². The average molecular weight is 331 g/mol. The molecule has 1 aliphatic rings. The second kappa shape index (κ2) is 7.44. The van der Waals surface area contributed by atoms with Gasteiger partial charge in [0.15, 0.2) is 5.76 Å². The quantitative estimate of drug-likeness (QED) is 0.848. The lowest BCUT2D eigenvalue weighted by atomic mass is 10.1. The van der Waals surface area contributed by atoms with Crippen molar-refractivity contribution in [2.45, 2.75) is 38.3 Å². The number of aromatic nitrogens is 2. The Bertz CT molecular complexity index is 673. The third-order valence-corrected chi connectivity index (χ3v) is 4.02. The average Bonchev–Trinajstić information content (AvgIpc) is 3.22. The number of ether oxygens (including phenoxy) is 1. The molecule has 3 heterocycles. The van der Waals surface area contributed by atoms with E-state index in [1.165, 1.54) is 4.90 Å². The van der Waals surface area contributed by atoms with Crippen LogP contribution in [0.5, 0.6) is 0 Å². The first-order valence-corrected chi connectivity index (χ1v) is 8.18. The van der Waals surface area contributed by atoms with Crippen molar-refractivity contribution in [3.63, 3.8) is 0 Å². The Morgan fingerprint density at radius 3 is 3.08 bits per heavy atom. The SMILES string of the molecule is CCCCOC(=O)N1CC(O)CC1c1cc(-c2ccccn2)no1. The topological polar surface area (TPSA) is 88.7 Å². The summed E-state index contributed by atoms with van der Waals surface area (Å²) in [5.41, 5.74) is 1.30. The Morgan fingerprint density at radius 1 is 1.46 bits per heavy atom. The minimum Gasteiger partial charge on any atom is -0.449 e. The van der Waals surface area contributed by atoms with Crippen molar-refractivity contribution < 1.29 is 19.2 Å². The minimum atomic E-state index is -0.600. The van der Waals surface area contributed by atoms with E-state index < -0.39 is 12.2 Å². The molecule has 7 heteroatoms. The van der Waals surface area contributed by atoms with Crippen molar-refractivity contribution in [1.82, 2.24) is 15.0 Å². The fourth-order valence-electron chi connectivity index (χ4n) is 2.75. The van der Waals surface area contributed by atoms with Crippen LogP contribution in [0.1, 0.15) is 38.0 Å². The zero-order valence-corrected chi connectivity index (χ0v) is 13.6. The number of rotatable bonds is 5. The summed E-state index contributed by atoms with van der Waals surface area (Å²) in [4.78, 5) is 18.0. The predicted octanol–water partition coefficient (Wildman–Crippen LogP) is 2.78. The molecule has 0 radical (unpaired) electrons. The van der Waals surface area contributed by atoms with Gasteiger partial charge < -0.3 is 14.4 Å². The second-order valence-corrected chi connectivity index (χ2v) is 5.86. The molecule has 3 rings (SSSR count). The number of unbranched alkanes of at least 4 members (excludes halogenated alkanes) is 1. The van der Waals surface area contributed by atoms with Crippen LogP contribution in [0, 0.1) is 0 Å². The third-order valence-electron chi connectivity index (χ3n) is 4.02. The number of carbonyl (C=O) groups is 1. The van der Waals surface area contributed by atoms with E-state index in [-0.39, 0.29) is 12.6 Å². The van der Waals surface area contributed by atoms with E-state index in [0.29, 0.717) is 30.2 Å². The Morgan fingerprint density at radius 2 is 2.33 bits per heavy atom. The lowest BCUT2D eigenvalue weighted by Crippen LogP contribution is -2.32. The van der Waals surface area contributed by atoms with Crippen molar-refractivity contribution in [3.05, 3.63) is 36.2 Å². The number of hydrogen-bond donors (Lipinski definition) is 1. The number of carbonyl (C=O) groups excluding carboxylic acids is 1. The highest BCUT2D eigenvalue weighted by Crippen LogP contribution is 2.34. The van der Waals surface area contributed by atoms with Crippen LogP contribution in [0.4, 0.5) is 4.79 Å². The van der Waals surface area contributed by atoms with Crippen molar-refractivity contribution >= 4 is 6.09 Å². The van der Waals surface area contributed by atoms with Crippen molar-refractivity contribution in [3.8, 4) is 11.4 Å². The van der Waals surface area contributed by atoms with E-state index in [1.54, 1.807) is 12.3 Å². The van der Waals surface area contributed by atoms with Crippen molar-refractivity contribution in [2.24, 2.45) is 0 Å². The molecule has 1 amide bonds. The largest absolute Gasteiger partial charge is 0.449 e. The highest BCUT2D eigenvalue weighted by Gasteiger charge is 2.38. The lowest BCUT2D eigenvalue weighted by Gasteiger charge is -2.21. The van der Waals surface area contributed by atoms with Gasteiger partial charge in [0.25, 0.3) is 0 Å².